The van der Waals surface area contributed by atoms with E-state index in [1.54, 1.807) is 17.6 Å². The first-order valence-corrected chi connectivity index (χ1v) is 10.5. The van der Waals surface area contributed by atoms with Crippen molar-refractivity contribution >= 4 is 29.0 Å². The molecule has 0 fully saturated rings. The molecule has 9 nitrogen and oxygen atoms in total. The van der Waals surface area contributed by atoms with Gasteiger partial charge < -0.3 is 15.6 Å². The zero-order valence-corrected chi connectivity index (χ0v) is 18.9. The zero-order valence-electron chi connectivity index (χ0n) is 17.4. The number of aliphatic hydroxyl groups excluding tert-OH is 1. The normalized spacial score (nSPS) is 12.3. The highest BCUT2D eigenvalue weighted by Gasteiger charge is 2.20. The number of nitrogens with zero attached hydrogens (tertiary/aromatic N) is 5. The molecule has 0 spiro atoms. The number of halogens is 2. The van der Waals surface area contributed by atoms with Crippen LogP contribution in [0.5, 0.6) is 5.75 Å². The summed E-state index contributed by atoms with van der Waals surface area (Å²) in [6.45, 7) is 2.40. The predicted octanol–water partition coefficient (Wildman–Crippen LogP) is 2.55. The van der Waals surface area contributed by atoms with E-state index in [1.807, 2.05) is 0 Å². The van der Waals surface area contributed by atoms with Crippen LogP contribution in [-0.2, 0) is 19.6 Å². The molecular formula is C21H22Cl2N6O3. The van der Waals surface area contributed by atoms with Crippen molar-refractivity contribution in [2.45, 2.75) is 39.3 Å². The zero-order chi connectivity index (χ0) is 23.3. The van der Waals surface area contributed by atoms with Crippen molar-refractivity contribution in [2.24, 2.45) is 0 Å². The summed E-state index contributed by atoms with van der Waals surface area (Å²) in [5.74, 6) is 4.49. The van der Waals surface area contributed by atoms with Crippen molar-refractivity contribution in [3.05, 3.63) is 56.1 Å². The second kappa shape index (κ2) is 10.5. The second-order valence-corrected chi connectivity index (χ2v) is 7.75. The summed E-state index contributed by atoms with van der Waals surface area (Å²) in [6, 6.07) is 3.11. The molecule has 1 aromatic carbocycles. The molecule has 3 heterocycles. The number of hydrogen-bond donors (Lipinski definition) is 2. The van der Waals surface area contributed by atoms with Crippen molar-refractivity contribution in [1.29, 1.82) is 0 Å². The van der Waals surface area contributed by atoms with Crippen molar-refractivity contribution < 1.29 is 9.84 Å². The first kappa shape index (κ1) is 23.6. The van der Waals surface area contributed by atoms with E-state index in [2.05, 4.69) is 21.0 Å². The maximum atomic E-state index is 12.5. The number of nitrogen functional groups attached to an aromatic ring is 1. The van der Waals surface area contributed by atoms with Gasteiger partial charge in [0.1, 0.15) is 29.8 Å². The largest absolute Gasteiger partial charge is 0.479 e. The highest BCUT2D eigenvalue weighted by Crippen LogP contribution is 2.32. The molecule has 0 unspecified atom stereocenters. The summed E-state index contributed by atoms with van der Waals surface area (Å²) in [4.78, 5) is 20.2. The summed E-state index contributed by atoms with van der Waals surface area (Å²) in [7, 11) is 0. The van der Waals surface area contributed by atoms with Crippen molar-refractivity contribution in [1.82, 2.24) is 24.3 Å². The van der Waals surface area contributed by atoms with Gasteiger partial charge in [-0.25, -0.2) is 14.8 Å². The van der Waals surface area contributed by atoms with Crippen LogP contribution in [0, 0.1) is 19.3 Å². The number of fused-ring (bicyclic) bond motifs is 1. The summed E-state index contributed by atoms with van der Waals surface area (Å²) < 4.78 is 8.34. The average molecular weight is 477 g/mol. The maximum absolute atomic E-state index is 12.5. The van der Waals surface area contributed by atoms with Crippen LogP contribution in [0.3, 0.4) is 0 Å². The Morgan fingerprint density at radius 3 is 2.75 bits per heavy atom. The van der Waals surface area contributed by atoms with Crippen molar-refractivity contribution in [3.8, 4) is 23.8 Å². The lowest BCUT2D eigenvalue weighted by molar-refractivity contribution is 0.281. The summed E-state index contributed by atoms with van der Waals surface area (Å²) in [5, 5.41) is 13.7. The second-order valence-electron chi connectivity index (χ2n) is 6.93. The van der Waals surface area contributed by atoms with Gasteiger partial charge in [-0.2, -0.15) is 4.68 Å². The molecule has 1 aliphatic heterocycles. The quantitative estimate of drug-likeness (QED) is 0.554. The van der Waals surface area contributed by atoms with E-state index in [-0.39, 0.29) is 18.9 Å². The van der Waals surface area contributed by atoms with Crippen LogP contribution in [0.4, 0.5) is 5.82 Å². The Balaban J connectivity index is 0.000000243. The number of hydrogen-bond acceptors (Lipinski definition) is 7. The van der Waals surface area contributed by atoms with Gasteiger partial charge in [0, 0.05) is 30.8 Å². The summed E-state index contributed by atoms with van der Waals surface area (Å²) >= 11 is 12.3. The highest BCUT2D eigenvalue weighted by molar-refractivity contribution is 6.36. The molecule has 3 aromatic rings. The molecular weight excluding hydrogens is 455 g/mol. The number of anilines is 1. The first-order chi connectivity index (χ1) is 15.3. The molecule has 1 aliphatic rings. The van der Waals surface area contributed by atoms with Crippen LogP contribution in [0.1, 0.15) is 30.1 Å². The Kier molecular flexibility index (Phi) is 7.75. The third-order valence-corrected chi connectivity index (χ3v) is 5.30. The molecule has 0 saturated carbocycles. The number of terminal acetylenes is 1. The molecule has 2 aromatic heterocycles. The Hall–Kier alpha value is -3.06. The van der Waals surface area contributed by atoms with Gasteiger partial charge in [-0.1, -0.05) is 29.1 Å². The highest BCUT2D eigenvalue weighted by atomic mass is 35.5. The minimum absolute atomic E-state index is 0.0788. The topological polar surface area (TPSA) is 121 Å². The van der Waals surface area contributed by atoms with Crippen LogP contribution < -0.4 is 16.2 Å². The van der Waals surface area contributed by atoms with Gasteiger partial charge in [0.25, 0.3) is 0 Å². The molecule has 0 saturated heterocycles. The van der Waals surface area contributed by atoms with Crippen LogP contribution >= 0.6 is 23.2 Å². The Morgan fingerprint density at radius 1 is 1.31 bits per heavy atom. The van der Waals surface area contributed by atoms with Gasteiger partial charge in [-0.15, -0.1) is 11.5 Å². The van der Waals surface area contributed by atoms with Crippen LogP contribution in [0.15, 0.2) is 23.1 Å². The van der Waals surface area contributed by atoms with Gasteiger partial charge in [-0.3, -0.25) is 4.57 Å². The van der Waals surface area contributed by atoms with E-state index >= 15 is 0 Å². The summed E-state index contributed by atoms with van der Waals surface area (Å²) in [6.07, 6.45) is 9.50. The number of aliphatic hydroxyl groups is 1. The molecule has 11 heteroatoms. The number of ether oxygens (including phenoxy) is 1. The van der Waals surface area contributed by atoms with Gasteiger partial charge in [0.05, 0.1) is 22.3 Å². The first-order valence-electron chi connectivity index (χ1n) is 9.79. The lowest BCUT2D eigenvalue weighted by Gasteiger charge is -2.09. The predicted molar refractivity (Wildman–Crippen MR) is 122 cm³/mol. The van der Waals surface area contributed by atoms with E-state index < -0.39 is 0 Å². The average Bonchev–Trinajstić information content (AvgIpc) is 3.10. The van der Waals surface area contributed by atoms with Crippen LogP contribution in [0.25, 0.3) is 5.69 Å². The number of aromatic nitrogens is 5. The lowest BCUT2D eigenvalue weighted by Crippen LogP contribution is -2.26. The van der Waals surface area contributed by atoms with E-state index in [0.29, 0.717) is 45.2 Å². The molecule has 0 radical (unpaired) electrons. The summed E-state index contributed by atoms with van der Waals surface area (Å²) in [5.41, 5.74) is 6.22. The van der Waals surface area contributed by atoms with Gasteiger partial charge in [0.2, 0.25) is 0 Å². The van der Waals surface area contributed by atoms with Crippen LogP contribution in [0.2, 0.25) is 10.0 Å². The molecule has 0 aliphatic carbocycles. The van der Waals surface area contributed by atoms with E-state index in [4.69, 9.17) is 45.2 Å². The molecule has 3 N–H and O–H groups in total. The Bertz CT molecular complexity index is 1220. The molecule has 0 amide bonds. The van der Waals surface area contributed by atoms with E-state index in [0.717, 1.165) is 25.1 Å². The number of benzene rings is 1. The maximum Gasteiger partial charge on any atom is 0.350 e. The fourth-order valence-corrected chi connectivity index (χ4v) is 3.62. The fourth-order valence-electron chi connectivity index (χ4n) is 3.10. The fraction of sp³-hybridized carbons (Fsp3) is 0.333. The number of nitrogens with two attached hydrogens (primary N) is 1. The third-order valence-electron chi connectivity index (χ3n) is 4.70. The minimum Gasteiger partial charge on any atom is -0.479 e. The van der Waals surface area contributed by atoms with Crippen molar-refractivity contribution in [3.63, 3.8) is 0 Å². The van der Waals surface area contributed by atoms with E-state index in [9.17, 15) is 4.79 Å². The number of aryl methyl sites for hydroxylation is 2. The molecule has 168 valence electrons. The molecule has 4 rings (SSSR count). The smallest absolute Gasteiger partial charge is 0.350 e. The van der Waals surface area contributed by atoms with Crippen LogP contribution in [-0.4, -0.2) is 36.0 Å². The van der Waals surface area contributed by atoms with Crippen molar-refractivity contribution in [2.75, 3.05) is 12.3 Å². The van der Waals surface area contributed by atoms with E-state index in [1.165, 1.54) is 16.9 Å². The SMILES string of the molecule is C#CCOc1cc(-n2nc3n(c2=O)CCCC3)c(Cl)cc1Cl.Cc1ncc(CO)c(N)n1. The standard InChI is InChI=1S/C15H13Cl2N3O2.C6H9N3O/c1-2-7-22-13-9-12(10(16)8-11(13)17)20-15(21)19-6-4-3-5-14(19)18-20;1-4-8-2-5(3-10)6(7)9-4/h1,8-9H,3-7H2;2,10H,3H2,1H3,(H2,7,8,9). The lowest BCUT2D eigenvalue weighted by atomic mass is 10.2. The van der Waals surface area contributed by atoms with Gasteiger partial charge in [0.15, 0.2) is 0 Å². The Labute approximate surface area is 194 Å². The molecule has 32 heavy (non-hydrogen) atoms. The van der Waals surface area contributed by atoms with Gasteiger partial charge >= 0.3 is 5.69 Å². The third kappa shape index (κ3) is 5.22. The Morgan fingerprint density at radius 2 is 2.09 bits per heavy atom. The minimum atomic E-state index is -0.207. The monoisotopic (exact) mass is 476 g/mol. The number of rotatable bonds is 4. The molecule has 0 bridgehead atoms. The molecule has 0 atom stereocenters. The van der Waals surface area contributed by atoms with Gasteiger partial charge in [-0.05, 0) is 25.8 Å².